The van der Waals surface area contributed by atoms with Crippen molar-refractivity contribution in [2.24, 2.45) is 5.41 Å². The number of nitrogens with zero attached hydrogens (tertiary/aromatic N) is 2. The van der Waals surface area contributed by atoms with E-state index < -0.39 is 11.0 Å². The first kappa shape index (κ1) is 14.2. The number of hydrogen-bond acceptors (Lipinski definition) is 5. The summed E-state index contributed by atoms with van der Waals surface area (Å²) in [4.78, 5) is 26.5. The minimum atomic E-state index is -0.498. The normalized spacial score (nSPS) is 20.5. The molecule has 1 aromatic rings. The molecule has 108 valence electrons. The molecule has 1 aliphatic heterocycles. The minimum Gasteiger partial charge on any atom is -0.354 e. The minimum absolute atomic E-state index is 0.117. The monoisotopic (exact) mass is 278 g/mol. The molecule has 1 aromatic heterocycles. The second kappa shape index (κ2) is 5.44. The van der Waals surface area contributed by atoms with Crippen molar-refractivity contribution in [1.29, 1.82) is 0 Å². The SMILES string of the molecule is CCC1(CC)CNC(=O)C1Nc1ncccc1[N+](=O)[O-]. The van der Waals surface area contributed by atoms with Gasteiger partial charge in [0.15, 0.2) is 0 Å². The van der Waals surface area contributed by atoms with E-state index in [1.807, 2.05) is 13.8 Å². The molecular formula is C13H18N4O3. The Balaban J connectivity index is 2.33. The van der Waals surface area contributed by atoms with Gasteiger partial charge in [0.2, 0.25) is 11.7 Å². The quantitative estimate of drug-likeness (QED) is 0.631. The van der Waals surface area contributed by atoms with Crippen molar-refractivity contribution in [1.82, 2.24) is 10.3 Å². The van der Waals surface area contributed by atoms with Gasteiger partial charge in [0.05, 0.1) is 4.92 Å². The van der Waals surface area contributed by atoms with Crippen molar-refractivity contribution in [3.8, 4) is 0 Å². The van der Waals surface area contributed by atoms with E-state index in [0.29, 0.717) is 6.54 Å². The maximum atomic E-state index is 12.0. The predicted molar refractivity (Wildman–Crippen MR) is 74.3 cm³/mol. The largest absolute Gasteiger partial charge is 0.354 e. The molecule has 0 radical (unpaired) electrons. The summed E-state index contributed by atoms with van der Waals surface area (Å²) in [6, 6.07) is 2.39. The summed E-state index contributed by atoms with van der Waals surface area (Å²) < 4.78 is 0. The highest BCUT2D eigenvalue weighted by molar-refractivity contribution is 5.88. The highest BCUT2D eigenvalue weighted by Gasteiger charge is 2.46. The summed E-state index contributed by atoms with van der Waals surface area (Å²) >= 11 is 0. The molecule has 1 atom stereocenters. The highest BCUT2D eigenvalue weighted by Crippen LogP contribution is 2.36. The molecule has 1 saturated heterocycles. The van der Waals surface area contributed by atoms with Gasteiger partial charge in [-0.25, -0.2) is 4.98 Å². The molecule has 0 aliphatic carbocycles. The zero-order chi connectivity index (χ0) is 14.8. The number of amides is 1. The van der Waals surface area contributed by atoms with Gasteiger partial charge in [0.1, 0.15) is 6.04 Å². The van der Waals surface area contributed by atoms with Crippen LogP contribution in [0.2, 0.25) is 0 Å². The topological polar surface area (TPSA) is 97.2 Å². The number of carbonyl (C=O) groups excluding carboxylic acids is 1. The van der Waals surface area contributed by atoms with Crippen LogP contribution >= 0.6 is 0 Å². The van der Waals surface area contributed by atoms with Crippen molar-refractivity contribution < 1.29 is 9.72 Å². The predicted octanol–water partition coefficient (Wildman–Crippen LogP) is 1.71. The molecule has 0 saturated carbocycles. The molecular weight excluding hydrogens is 260 g/mol. The zero-order valence-corrected chi connectivity index (χ0v) is 11.5. The van der Waals surface area contributed by atoms with Crippen molar-refractivity contribution in [3.63, 3.8) is 0 Å². The van der Waals surface area contributed by atoms with Crippen LogP contribution in [0.3, 0.4) is 0 Å². The van der Waals surface area contributed by atoms with Crippen molar-refractivity contribution in [2.45, 2.75) is 32.7 Å². The lowest BCUT2D eigenvalue weighted by atomic mass is 9.77. The van der Waals surface area contributed by atoms with Crippen LogP contribution in [0.15, 0.2) is 18.3 Å². The Morgan fingerprint density at radius 1 is 1.55 bits per heavy atom. The van der Waals surface area contributed by atoms with Crippen LogP contribution in [0.5, 0.6) is 0 Å². The Hall–Kier alpha value is -2.18. The van der Waals surface area contributed by atoms with Gasteiger partial charge >= 0.3 is 5.69 Å². The molecule has 1 fully saturated rings. The van der Waals surface area contributed by atoms with Gasteiger partial charge in [-0.15, -0.1) is 0 Å². The van der Waals surface area contributed by atoms with E-state index in [1.165, 1.54) is 18.3 Å². The lowest BCUT2D eigenvalue weighted by Gasteiger charge is -2.31. The third-order valence-corrected chi connectivity index (χ3v) is 4.16. The van der Waals surface area contributed by atoms with Crippen LogP contribution in [-0.2, 0) is 4.79 Å². The summed E-state index contributed by atoms with van der Waals surface area (Å²) in [5, 5.41) is 16.8. The number of anilines is 1. The summed E-state index contributed by atoms with van der Waals surface area (Å²) in [5.41, 5.74) is -0.351. The molecule has 1 amide bonds. The van der Waals surface area contributed by atoms with Gasteiger partial charge < -0.3 is 10.6 Å². The molecule has 2 N–H and O–H groups in total. The number of nitrogens with one attached hydrogen (secondary N) is 2. The Morgan fingerprint density at radius 2 is 2.25 bits per heavy atom. The van der Waals surface area contributed by atoms with E-state index in [2.05, 4.69) is 15.6 Å². The second-order valence-electron chi connectivity index (χ2n) is 4.99. The van der Waals surface area contributed by atoms with E-state index in [9.17, 15) is 14.9 Å². The van der Waals surface area contributed by atoms with Gasteiger partial charge in [-0.05, 0) is 18.9 Å². The van der Waals surface area contributed by atoms with Gasteiger partial charge in [0, 0.05) is 24.2 Å². The average Bonchev–Trinajstić information content (AvgIpc) is 2.77. The summed E-state index contributed by atoms with van der Waals surface area (Å²) in [7, 11) is 0. The van der Waals surface area contributed by atoms with Crippen LogP contribution in [-0.4, -0.2) is 28.4 Å². The molecule has 7 heteroatoms. The fraction of sp³-hybridized carbons (Fsp3) is 0.538. The van der Waals surface area contributed by atoms with Gasteiger partial charge in [-0.2, -0.15) is 0 Å². The Bertz CT molecular complexity index is 528. The van der Waals surface area contributed by atoms with Gasteiger partial charge in [-0.3, -0.25) is 14.9 Å². The van der Waals surface area contributed by atoms with E-state index >= 15 is 0 Å². The molecule has 7 nitrogen and oxygen atoms in total. The molecule has 1 aliphatic rings. The molecule has 20 heavy (non-hydrogen) atoms. The third-order valence-electron chi connectivity index (χ3n) is 4.16. The van der Waals surface area contributed by atoms with Crippen LogP contribution in [0.25, 0.3) is 0 Å². The first-order chi connectivity index (χ1) is 9.54. The van der Waals surface area contributed by atoms with Crippen LogP contribution < -0.4 is 10.6 Å². The van der Waals surface area contributed by atoms with E-state index in [-0.39, 0.29) is 22.8 Å². The number of rotatable bonds is 5. The standard InChI is InChI=1S/C13H18N4O3/c1-3-13(4-2)8-15-12(18)10(13)16-11-9(17(19)20)6-5-7-14-11/h5-7,10H,3-4,8H2,1-2H3,(H,14,16)(H,15,18). The van der Waals surface area contributed by atoms with E-state index in [4.69, 9.17) is 0 Å². The number of hydrogen-bond donors (Lipinski definition) is 2. The smallest absolute Gasteiger partial charge is 0.311 e. The molecule has 2 heterocycles. The number of carbonyl (C=O) groups is 1. The number of pyridine rings is 1. The lowest BCUT2D eigenvalue weighted by Crippen LogP contribution is -2.41. The van der Waals surface area contributed by atoms with Crippen LogP contribution in [0.4, 0.5) is 11.5 Å². The van der Waals surface area contributed by atoms with Gasteiger partial charge in [-0.1, -0.05) is 13.8 Å². The fourth-order valence-corrected chi connectivity index (χ4v) is 2.66. The molecule has 0 spiro atoms. The maximum absolute atomic E-state index is 12.0. The van der Waals surface area contributed by atoms with Crippen molar-refractivity contribution in [3.05, 3.63) is 28.4 Å². The average molecular weight is 278 g/mol. The molecule has 0 bridgehead atoms. The fourth-order valence-electron chi connectivity index (χ4n) is 2.66. The Morgan fingerprint density at radius 3 is 2.85 bits per heavy atom. The number of aromatic nitrogens is 1. The Kier molecular flexibility index (Phi) is 3.87. The molecule has 2 rings (SSSR count). The van der Waals surface area contributed by atoms with Crippen molar-refractivity contribution >= 4 is 17.4 Å². The molecule has 1 unspecified atom stereocenters. The first-order valence-corrected chi connectivity index (χ1v) is 6.67. The molecule has 0 aromatic carbocycles. The number of nitro groups is 1. The second-order valence-corrected chi connectivity index (χ2v) is 4.99. The van der Waals surface area contributed by atoms with Crippen LogP contribution in [0.1, 0.15) is 26.7 Å². The third kappa shape index (κ3) is 2.31. The highest BCUT2D eigenvalue weighted by atomic mass is 16.6. The van der Waals surface area contributed by atoms with E-state index in [0.717, 1.165) is 12.8 Å². The Labute approximate surface area is 116 Å². The van der Waals surface area contributed by atoms with Crippen molar-refractivity contribution in [2.75, 3.05) is 11.9 Å². The van der Waals surface area contributed by atoms with Crippen LogP contribution in [0, 0.1) is 15.5 Å². The van der Waals surface area contributed by atoms with Gasteiger partial charge in [0.25, 0.3) is 0 Å². The first-order valence-electron chi connectivity index (χ1n) is 6.67. The zero-order valence-electron chi connectivity index (χ0n) is 11.5. The summed E-state index contributed by atoms with van der Waals surface area (Å²) in [6.07, 6.45) is 3.09. The van der Waals surface area contributed by atoms with E-state index in [1.54, 1.807) is 0 Å². The maximum Gasteiger partial charge on any atom is 0.311 e. The summed E-state index contributed by atoms with van der Waals surface area (Å²) in [5.74, 6) is 0.0134. The lowest BCUT2D eigenvalue weighted by molar-refractivity contribution is -0.384. The summed E-state index contributed by atoms with van der Waals surface area (Å²) in [6.45, 7) is 4.62.